The van der Waals surface area contributed by atoms with E-state index in [9.17, 15) is 0 Å². The zero-order valence-electron chi connectivity index (χ0n) is 12.1. The van der Waals surface area contributed by atoms with Crippen molar-refractivity contribution < 1.29 is 0 Å². The highest BCUT2D eigenvalue weighted by Gasteiger charge is 2.15. The molecule has 0 atom stereocenters. The maximum atomic E-state index is 4.64. The number of rotatable bonds is 3. The van der Waals surface area contributed by atoms with Crippen molar-refractivity contribution in [3.8, 4) is 0 Å². The lowest BCUT2D eigenvalue weighted by Crippen LogP contribution is -2.19. The van der Waals surface area contributed by atoms with Crippen LogP contribution >= 0.6 is 0 Å². The summed E-state index contributed by atoms with van der Waals surface area (Å²) < 4.78 is 0. The third-order valence-corrected chi connectivity index (χ3v) is 3.58. The number of nitrogens with one attached hydrogen (secondary N) is 1. The smallest absolute Gasteiger partial charge is 0.229 e. The summed E-state index contributed by atoms with van der Waals surface area (Å²) in [6.45, 7) is 6.29. The van der Waals surface area contributed by atoms with Crippen molar-refractivity contribution in [1.29, 1.82) is 0 Å². The van der Waals surface area contributed by atoms with Gasteiger partial charge in [-0.1, -0.05) is 17.7 Å². The molecule has 20 heavy (non-hydrogen) atoms. The Hall–Kier alpha value is -2.10. The number of hydrogen-bond acceptors (Lipinski definition) is 4. The van der Waals surface area contributed by atoms with Crippen LogP contribution in [-0.2, 0) is 0 Å². The Labute approximate surface area is 119 Å². The molecule has 1 aromatic heterocycles. The fourth-order valence-electron chi connectivity index (χ4n) is 2.48. The van der Waals surface area contributed by atoms with E-state index in [1.54, 1.807) is 0 Å². The van der Waals surface area contributed by atoms with Crippen molar-refractivity contribution in [1.82, 2.24) is 9.97 Å². The lowest BCUT2D eigenvalue weighted by Gasteiger charge is -2.17. The van der Waals surface area contributed by atoms with E-state index in [1.165, 1.54) is 18.4 Å². The highest BCUT2D eigenvalue weighted by Crippen LogP contribution is 2.21. The van der Waals surface area contributed by atoms with Gasteiger partial charge >= 0.3 is 0 Å². The molecule has 0 amide bonds. The Morgan fingerprint density at radius 1 is 1.00 bits per heavy atom. The molecule has 0 saturated carbocycles. The van der Waals surface area contributed by atoms with Gasteiger partial charge in [0.2, 0.25) is 5.95 Å². The SMILES string of the molecule is Cc1ccc(Nc2nc(C)cc(N3CCCC3)n2)cc1. The van der Waals surface area contributed by atoms with Crippen LogP contribution in [0, 0.1) is 13.8 Å². The van der Waals surface area contributed by atoms with Gasteiger partial charge in [-0.15, -0.1) is 0 Å². The maximum Gasteiger partial charge on any atom is 0.229 e. The van der Waals surface area contributed by atoms with Gasteiger partial charge in [0.25, 0.3) is 0 Å². The van der Waals surface area contributed by atoms with E-state index >= 15 is 0 Å². The molecule has 0 unspecified atom stereocenters. The number of nitrogens with zero attached hydrogens (tertiary/aromatic N) is 3. The van der Waals surface area contributed by atoms with Crippen LogP contribution < -0.4 is 10.2 Å². The Kier molecular flexibility index (Phi) is 3.54. The summed E-state index contributed by atoms with van der Waals surface area (Å²) >= 11 is 0. The number of hydrogen-bond donors (Lipinski definition) is 1. The van der Waals surface area contributed by atoms with Crippen molar-refractivity contribution in [2.24, 2.45) is 0 Å². The Morgan fingerprint density at radius 2 is 1.70 bits per heavy atom. The summed E-state index contributed by atoms with van der Waals surface area (Å²) in [5.74, 6) is 1.71. The molecule has 1 aromatic carbocycles. The van der Waals surface area contributed by atoms with Crippen LogP contribution in [0.5, 0.6) is 0 Å². The molecule has 1 aliphatic heterocycles. The second-order valence-electron chi connectivity index (χ2n) is 5.38. The van der Waals surface area contributed by atoms with Gasteiger partial charge in [-0.05, 0) is 38.8 Å². The van der Waals surface area contributed by atoms with Gasteiger partial charge in [0, 0.05) is 30.5 Å². The third-order valence-electron chi connectivity index (χ3n) is 3.58. The summed E-state index contributed by atoms with van der Waals surface area (Å²) in [5.41, 5.74) is 3.27. The zero-order valence-corrected chi connectivity index (χ0v) is 12.1. The summed E-state index contributed by atoms with van der Waals surface area (Å²) in [6.07, 6.45) is 2.51. The molecule has 2 heterocycles. The molecule has 1 fully saturated rings. The first kappa shape index (κ1) is 12.9. The van der Waals surface area contributed by atoms with E-state index in [-0.39, 0.29) is 0 Å². The van der Waals surface area contributed by atoms with Crippen LogP contribution in [0.2, 0.25) is 0 Å². The molecular weight excluding hydrogens is 248 g/mol. The van der Waals surface area contributed by atoms with Gasteiger partial charge in [-0.25, -0.2) is 4.98 Å². The summed E-state index contributed by atoms with van der Waals surface area (Å²) in [6, 6.07) is 10.3. The molecule has 2 aromatic rings. The predicted octanol–water partition coefficient (Wildman–Crippen LogP) is 3.44. The monoisotopic (exact) mass is 268 g/mol. The molecule has 0 radical (unpaired) electrons. The van der Waals surface area contributed by atoms with Gasteiger partial charge < -0.3 is 10.2 Å². The topological polar surface area (TPSA) is 41.1 Å². The molecular formula is C16H20N4. The van der Waals surface area contributed by atoms with E-state index < -0.39 is 0 Å². The van der Waals surface area contributed by atoms with E-state index in [1.807, 2.05) is 6.92 Å². The number of aryl methyl sites for hydroxylation is 2. The van der Waals surface area contributed by atoms with Gasteiger partial charge in [0.05, 0.1) is 0 Å². The number of aromatic nitrogens is 2. The maximum absolute atomic E-state index is 4.64. The normalized spacial score (nSPS) is 14.6. The number of benzene rings is 1. The van der Waals surface area contributed by atoms with Crippen molar-refractivity contribution >= 4 is 17.5 Å². The predicted molar refractivity (Wildman–Crippen MR) is 82.7 cm³/mol. The van der Waals surface area contributed by atoms with Crippen LogP contribution in [0.1, 0.15) is 24.1 Å². The first-order valence-corrected chi connectivity index (χ1v) is 7.15. The highest BCUT2D eigenvalue weighted by molar-refractivity contribution is 5.56. The van der Waals surface area contributed by atoms with Crippen LogP contribution in [-0.4, -0.2) is 23.1 Å². The molecule has 1 N–H and O–H groups in total. The quantitative estimate of drug-likeness (QED) is 0.926. The van der Waals surface area contributed by atoms with Crippen LogP contribution in [0.4, 0.5) is 17.5 Å². The van der Waals surface area contributed by atoms with Crippen molar-refractivity contribution in [3.63, 3.8) is 0 Å². The third kappa shape index (κ3) is 2.90. The minimum absolute atomic E-state index is 0.677. The molecule has 0 aliphatic carbocycles. The fourth-order valence-corrected chi connectivity index (χ4v) is 2.48. The van der Waals surface area contributed by atoms with Crippen molar-refractivity contribution in [2.45, 2.75) is 26.7 Å². The minimum Gasteiger partial charge on any atom is -0.356 e. The molecule has 4 heteroatoms. The Balaban J connectivity index is 1.83. The van der Waals surface area contributed by atoms with Crippen LogP contribution in [0.25, 0.3) is 0 Å². The molecule has 0 spiro atoms. The van der Waals surface area contributed by atoms with Crippen LogP contribution in [0.3, 0.4) is 0 Å². The van der Waals surface area contributed by atoms with Crippen molar-refractivity contribution in [2.75, 3.05) is 23.3 Å². The van der Waals surface area contributed by atoms with Crippen molar-refractivity contribution in [3.05, 3.63) is 41.6 Å². The first-order valence-electron chi connectivity index (χ1n) is 7.15. The standard InChI is InChI=1S/C16H20N4/c1-12-5-7-14(8-6-12)18-16-17-13(2)11-15(19-16)20-9-3-4-10-20/h5-8,11H,3-4,9-10H2,1-2H3,(H,17,18,19). The highest BCUT2D eigenvalue weighted by atomic mass is 15.2. The largest absolute Gasteiger partial charge is 0.356 e. The molecule has 0 bridgehead atoms. The Bertz CT molecular complexity index is 586. The van der Waals surface area contributed by atoms with Gasteiger partial charge in [-0.3, -0.25) is 0 Å². The summed E-state index contributed by atoms with van der Waals surface area (Å²) in [5, 5.41) is 3.29. The van der Waals surface area contributed by atoms with Crippen LogP contribution in [0.15, 0.2) is 30.3 Å². The second kappa shape index (κ2) is 5.49. The molecule has 1 aliphatic rings. The lowest BCUT2D eigenvalue weighted by atomic mass is 10.2. The number of anilines is 3. The van der Waals surface area contributed by atoms with E-state index in [0.717, 1.165) is 30.3 Å². The molecule has 104 valence electrons. The average molecular weight is 268 g/mol. The van der Waals surface area contributed by atoms with E-state index in [4.69, 9.17) is 0 Å². The minimum atomic E-state index is 0.677. The average Bonchev–Trinajstić information content (AvgIpc) is 2.95. The Morgan fingerprint density at radius 3 is 2.40 bits per heavy atom. The summed E-state index contributed by atoms with van der Waals surface area (Å²) in [4.78, 5) is 11.4. The van der Waals surface area contributed by atoms with Gasteiger partial charge in [-0.2, -0.15) is 4.98 Å². The lowest BCUT2D eigenvalue weighted by molar-refractivity contribution is 0.923. The van der Waals surface area contributed by atoms with E-state index in [2.05, 4.69) is 57.4 Å². The fraction of sp³-hybridized carbons (Fsp3) is 0.375. The van der Waals surface area contributed by atoms with E-state index in [0.29, 0.717) is 5.95 Å². The molecule has 1 saturated heterocycles. The molecule has 4 nitrogen and oxygen atoms in total. The first-order chi connectivity index (χ1) is 9.70. The zero-order chi connectivity index (χ0) is 13.9. The van der Waals surface area contributed by atoms with Gasteiger partial charge in [0.15, 0.2) is 0 Å². The summed E-state index contributed by atoms with van der Waals surface area (Å²) in [7, 11) is 0. The van der Waals surface area contributed by atoms with Gasteiger partial charge in [0.1, 0.15) is 5.82 Å². The second-order valence-corrected chi connectivity index (χ2v) is 5.38. The molecule has 3 rings (SSSR count).